The highest BCUT2D eigenvalue weighted by molar-refractivity contribution is 5.18. The molecule has 1 fully saturated rings. The lowest BCUT2D eigenvalue weighted by atomic mass is 10.1. The van der Waals surface area contributed by atoms with E-state index in [0.717, 1.165) is 44.7 Å². The Morgan fingerprint density at radius 3 is 2.72 bits per heavy atom. The van der Waals surface area contributed by atoms with Crippen LogP contribution >= 0.6 is 0 Å². The van der Waals surface area contributed by atoms with Crippen LogP contribution in [0.4, 0.5) is 4.39 Å². The summed E-state index contributed by atoms with van der Waals surface area (Å²) in [5.74, 6) is -0.270. The highest BCUT2D eigenvalue weighted by Gasteiger charge is 2.27. The molecule has 0 unspecified atom stereocenters. The molecule has 0 amide bonds. The summed E-state index contributed by atoms with van der Waals surface area (Å²) < 4.78 is 15.0. The summed E-state index contributed by atoms with van der Waals surface area (Å²) in [4.78, 5) is 4.83. The van der Waals surface area contributed by atoms with E-state index >= 15 is 0 Å². The lowest BCUT2D eigenvalue weighted by Gasteiger charge is -2.42. The van der Waals surface area contributed by atoms with Crippen molar-refractivity contribution in [2.45, 2.75) is 32.0 Å². The summed E-state index contributed by atoms with van der Waals surface area (Å²) in [6.45, 7) is 7.63. The van der Waals surface area contributed by atoms with Gasteiger partial charge in [-0.15, -0.1) is 0 Å². The van der Waals surface area contributed by atoms with Crippen molar-refractivity contribution in [2.75, 3.05) is 32.7 Å². The third-order valence-electron chi connectivity index (χ3n) is 5.03. The number of β-amino-alcohol motifs (C(OH)–C–C–N with tert-alkyl or cyclic N) is 1. The van der Waals surface area contributed by atoms with Gasteiger partial charge in [-0.3, -0.25) is 14.5 Å². The average molecular weight is 346 g/mol. The summed E-state index contributed by atoms with van der Waals surface area (Å²) in [5, 5.41) is 14.7. The zero-order valence-electron chi connectivity index (χ0n) is 14.8. The fourth-order valence-corrected chi connectivity index (χ4v) is 3.48. The molecule has 1 aromatic carbocycles. The number of aromatic nitrogens is 2. The van der Waals surface area contributed by atoms with Crippen molar-refractivity contribution in [3.8, 4) is 0 Å². The van der Waals surface area contributed by atoms with E-state index < -0.39 is 6.10 Å². The normalized spacial score (nSPS) is 20.7. The van der Waals surface area contributed by atoms with Crippen LogP contribution in [0.3, 0.4) is 0 Å². The molecular weight excluding hydrogens is 319 g/mol. The molecule has 0 radical (unpaired) electrons. The van der Waals surface area contributed by atoms with Gasteiger partial charge >= 0.3 is 0 Å². The lowest BCUT2D eigenvalue weighted by Crippen LogP contribution is -2.54. The molecule has 0 saturated carbocycles. The summed E-state index contributed by atoms with van der Waals surface area (Å²) in [6.07, 6.45) is 4.27. The van der Waals surface area contributed by atoms with E-state index in [-0.39, 0.29) is 5.82 Å². The van der Waals surface area contributed by atoms with Crippen molar-refractivity contribution in [1.82, 2.24) is 19.6 Å². The molecule has 6 heteroatoms. The van der Waals surface area contributed by atoms with E-state index in [9.17, 15) is 9.50 Å². The molecule has 0 spiro atoms. The zero-order chi connectivity index (χ0) is 17.6. The van der Waals surface area contributed by atoms with Crippen molar-refractivity contribution in [1.29, 1.82) is 0 Å². The van der Waals surface area contributed by atoms with Gasteiger partial charge in [0.05, 0.1) is 12.6 Å². The zero-order valence-corrected chi connectivity index (χ0v) is 14.8. The van der Waals surface area contributed by atoms with E-state index in [0.29, 0.717) is 12.6 Å². The number of aliphatic hydroxyl groups is 1. The Labute approximate surface area is 148 Å². The van der Waals surface area contributed by atoms with Crippen molar-refractivity contribution in [3.63, 3.8) is 0 Å². The first kappa shape index (κ1) is 18.0. The Bertz CT molecular complexity index is 631. The van der Waals surface area contributed by atoms with Gasteiger partial charge in [-0.1, -0.05) is 19.1 Å². The number of nitrogens with zero attached hydrogens (tertiary/aromatic N) is 4. The van der Waals surface area contributed by atoms with Gasteiger partial charge in [0.25, 0.3) is 0 Å². The minimum Gasteiger partial charge on any atom is -0.387 e. The number of benzene rings is 1. The van der Waals surface area contributed by atoms with Crippen LogP contribution in [0.1, 0.15) is 25.0 Å². The van der Waals surface area contributed by atoms with Crippen molar-refractivity contribution in [2.24, 2.45) is 0 Å². The maximum atomic E-state index is 13.0. The largest absolute Gasteiger partial charge is 0.387 e. The van der Waals surface area contributed by atoms with Crippen LogP contribution < -0.4 is 0 Å². The first-order chi connectivity index (χ1) is 12.2. The van der Waals surface area contributed by atoms with Crippen LogP contribution in [0, 0.1) is 5.82 Å². The number of piperazine rings is 1. The molecule has 1 saturated heterocycles. The predicted octanol–water partition coefficient (Wildman–Crippen LogP) is 2.15. The SMILES string of the molecule is CC[C@H]1CN(CCn2cccn2)CCN1C[C@@H](O)c1ccc(F)cc1. The van der Waals surface area contributed by atoms with Gasteiger partial charge in [0.2, 0.25) is 0 Å². The molecule has 2 heterocycles. The molecule has 1 N–H and O–H groups in total. The minimum absolute atomic E-state index is 0.270. The van der Waals surface area contributed by atoms with Gasteiger partial charge < -0.3 is 5.11 Å². The summed E-state index contributed by atoms with van der Waals surface area (Å²) in [6, 6.07) is 8.53. The van der Waals surface area contributed by atoms with Crippen LogP contribution in [-0.2, 0) is 6.54 Å². The molecule has 3 rings (SSSR count). The van der Waals surface area contributed by atoms with E-state index in [1.165, 1.54) is 12.1 Å². The summed E-state index contributed by atoms with van der Waals surface area (Å²) in [7, 11) is 0. The Morgan fingerprint density at radius 1 is 1.24 bits per heavy atom. The first-order valence-corrected chi connectivity index (χ1v) is 9.03. The number of aliphatic hydroxyl groups excluding tert-OH is 1. The van der Waals surface area contributed by atoms with Crippen LogP contribution in [0.5, 0.6) is 0 Å². The first-order valence-electron chi connectivity index (χ1n) is 9.03. The van der Waals surface area contributed by atoms with Crippen LogP contribution in [0.25, 0.3) is 0 Å². The van der Waals surface area contributed by atoms with Gasteiger partial charge in [-0.05, 0) is 30.2 Å². The van der Waals surface area contributed by atoms with Gasteiger partial charge in [0.15, 0.2) is 0 Å². The van der Waals surface area contributed by atoms with Crippen LogP contribution in [0.2, 0.25) is 0 Å². The quantitative estimate of drug-likeness (QED) is 0.834. The molecule has 1 aromatic heterocycles. The molecule has 25 heavy (non-hydrogen) atoms. The highest BCUT2D eigenvalue weighted by Crippen LogP contribution is 2.20. The smallest absolute Gasteiger partial charge is 0.123 e. The molecule has 2 atom stereocenters. The number of hydrogen-bond donors (Lipinski definition) is 1. The van der Waals surface area contributed by atoms with Crippen molar-refractivity contribution < 1.29 is 9.50 Å². The predicted molar refractivity (Wildman–Crippen MR) is 95.7 cm³/mol. The van der Waals surface area contributed by atoms with Gasteiger partial charge in [0, 0.05) is 51.2 Å². The van der Waals surface area contributed by atoms with Crippen molar-refractivity contribution in [3.05, 3.63) is 54.1 Å². The fraction of sp³-hybridized carbons (Fsp3) is 0.526. The van der Waals surface area contributed by atoms with Crippen LogP contribution in [0.15, 0.2) is 42.7 Å². The minimum atomic E-state index is -0.578. The van der Waals surface area contributed by atoms with Gasteiger partial charge in [-0.2, -0.15) is 5.10 Å². The topological polar surface area (TPSA) is 44.5 Å². The van der Waals surface area contributed by atoms with Gasteiger partial charge in [0.1, 0.15) is 5.82 Å². The van der Waals surface area contributed by atoms with E-state index in [4.69, 9.17) is 0 Å². The molecule has 0 aliphatic carbocycles. The highest BCUT2D eigenvalue weighted by atomic mass is 19.1. The second-order valence-electron chi connectivity index (χ2n) is 6.69. The van der Waals surface area contributed by atoms with E-state index in [2.05, 4.69) is 21.8 Å². The number of halogens is 1. The number of rotatable bonds is 7. The molecular formula is C19H27FN4O. The summed E-state index contributed by atoms with van der Waals surface area (Å²) in [5.41, 5.74) is 0.775. The Kier molecular flexibility index (Phi) is 6.18. The molecule has 5 nitrogen and oxygen atoms in total. The second kappa shape index (κ2) is 8.56. The van der Waals surface area contributed by atoms with Crippen molar-refractivity contribution >= 4 is 0 Å². The fourth-order valence-electron chi connectivity index (χ4n) is 3.48. The molecule has 0 bridgehead atoms. The number of hydrogen-bond acceptors (Lipinski definition) is 4. The van der Waals surface area contributed by atoms with E-state index in [1.807, 2.05) is 23.1 Å². The Balaban J connectivity index is 1.52. The third-order valence-corrected chi connectivity index (χ3v) is 5.03. The third kappa shape index (κ3) is 4.87. The molecule has 1 aliphatic heterocycles. The lowest BCUT2D eigenvalue weighted by molar-refractivity contribution is 0.0294. The second-order valence-corrected chi connectivity index (χ2v) is 6.69. The maximum Gasteiger partial charge on any atom is 0.123 e. The van der Waals surface area contributed by atoms with E-state index in [1.54, 1.807) is 12.1 Å². The maximum absolute atomic E-state index is 13.0. The monoisotopic (exact) mass is 346 g/mol. The average Bonchev–Trinajstić information content (AvgIpc) is 3.15. The molecule has 1 aliphatic rings. The standard InChI is InChI=1S/C19H27FN4O/c1-2-18-14-22(11-13-24-9-3-8-21-24)10-12-23(18)15-19(25)16-4-6-17(20)7-5-16/h3-9,18-19,25H,2,10-15H2,1H3/t18-,19+/m0/s1. The molecule has 136 valence electrons. The van der Waals surface area contributed by atoms with Gasteiger partial charge in [-0.25, -0.2) is 4.39 Å². The molecule has 2 aromatic rings. The van der Waals surface area contributed by atoms with Crippen LogP contribution in [-0.4, -0.2) is 63.5 Å². The Hall–Kier alpha value is -1.76. The summed E-state index contributed by atoms with van der Waals surface area (Å²) >= 11 is 0. The Morgan fingerprint density at radius 2 is 2.04 bits per heavy atom.